The quantitative estimate of drug-likeness (QED) is 0.658. The molecule has 32 heavy (non-hydrogen) atoms. The lowest BCUT2D eigenvalue weighted by Crippen LogP contribution is -2.40. The minimum atomic E-state index is -4.77. The maximum absolute atomic E-state index is 14.3. The molecule has 0 aromatic heterocycles. The maximum atomic E-state index is 14.3. The van der Waals surface area contributed by atoms with Crippen LogP contribution in [0.25, 0.3) is 0 Å². The number of benzene rings is 2. The summed E-state index contributed by atoms with van der Waals surface area (Å²) in [7, 11) is 0. The predicted molar refractivity (Wildman–Crippen MR) is 106 cm³/mol. The summed E-state index contributed by atoms with van der Waals surface area (Å²) < 4.78 is 54.7. The van der Waals surface area contributed by atoms with Gasteiger partial charge in [-0.25, -0.2) is 14.0 Å². The van der Waals surface area contributed by atoms with Gasteiger partial charge in [0.25, 0.3) is 0 Å². The van der Waals surface area contributed by atoms with Gasteiger partial charge >= 0.3 is 18.2 Å². The number of alkyl halides is 3. The number of nitrogens with zero attached hydrogens (tertiary/aromatic N) is 3. The molecular formula is C22H17F4N3O3. The third-order valence-corrected chi connectivity index (χ3v) is 5.94. The topological polar surface area (TPSA) is 84.6 Å². The van der Waals surface area contributed by atoms with Gasteiger partial charge in [-0.15, -0.1) is 0 Å². The highest BCUT2D eigenvalue weighted by Gasteiger charge is 2.48. The summed E-state index contributed by atoms with van der Waals surface area (Å²) >= 11 is 0. The van der Waals surface area contributed by atoms with Gasteiger partial charge in [0, 0.05) is 11.4 Å². The summed E-state index contributed by atoms with van der Waals surface area (Å²) in [4.78, 5) is 27.1. The van der Waals surface area contributed by atoms with Crippen LogP contribution in [0.4, 0.5) is 33.7 Å². The highest BCUT2D eigenvalue weighted by molar-refractivity contribution is 6.08. The SMILES string of the molecule is N#Cc1ccc(N2C(=O)N(c3ccc(C(=O)O)c(F)c3)C3CCCCC32)cc1C(F)(F)F. The van der Waals surface area contributed by atoms with Crippen molar-refractivity contribution in [3.63, 3.8) is 0 Å². The molecule has 1 heterocycles. The van der Waals surface area contributed by atoms with Gasteiger partial charge in [-0.3, -0.25) is 9.80 Å². The van der Waals surface area contributed by atoms with Crippen molar-refractivity contribution in [2.45, 2.75) is 43.9 Å². The number of carboxylic acid groups (broad SMARTS) is 1. The number of amides is 2. The number of carbonyl (C=O) groups is 2. The number of halogens is 4. The molecule has 2 aliphatic rings. The molecule has 1 saturated heterocycles. The Bertz CT molecular complexity index is 1140. The third-order valence-electron chi connectivity index (χ3n) is 5.94. The molecule has 0 spiro atoms. The third kappa shape index (κ3) is 3.53. The standard InChI is InChI=1S/C22H17F4N3O3/c23-17-10-14(7-8-15(17)20(30)31)29-19-4-2-1-3-18(19)28(21(29)32)13-6-5-12(11-27)16(9-13)22(24,25)26/h5-10,18-19H,1-4H2,(H,30,31). The fourth-order valence-corrected chi connectivity index (χ4v) is 4.54. The molecule has 2 unspecified atom stereocenters. The number of hydrogen-bond donors (Lipinski definition) is 1. The van der Waals surface area contributed by atoms with Crippen LogP contribution in [0.15, 0.2) is 36.4 Å². The lowest BCUT2D eigenvalue weighted by molar-refractivity contribution is -0.137. The highest BCUT2D eigenvalue weighted by atomic mass is 19.4. The van der Waals surface area contributed by atoms with Gasteiger partial charge in [-0.2, -0.15) is 18.4 Å². The first-order valence-electron chi connectivity index (χ1n) is 9.90. The van der Waals surface area contributed by atoms with E-state index < -0.39 is 52.8 Å². The Morgan fingerprint density at radius 1 is 1.03 bits per heavy atom. The van der Waals surface area contributed by atoms with Crippen molar-refractivity contribution in [3.8, 4) is 6.07 Å². The van der Waals surface area contributed by atoms with Gasteiger partial charge < -0.3 is 5.11 Å². The molecular weight excluding hydrogens is 430 g/mol. The summed E-state index contributed by atoms with van der Waals surface area (Å²) in [6.07, 6.45) is -2.10. The van der Waals surface area contributed by atoms with Crippen LogP contribution in [0.2, 0.25) is 0 Å². The minimum Gasteiger partial charge on any atom is -0.478 e. The van der Waals surface area contributed by atoms with E-state index in [1.807, 2.05) is 0 Å². The van der Waals surface area contributed by atoms with E-state index in [4.69, 9.17) is 10.4 Å². The van der Waals surface area contributed by atoms with Crippen LogP contribution in [0.1, 0.15) is 47.2 Å². The number of carbonyl (C=O) groups excluding carboxylic acids is 1. The molecule has 1 N–H and O–H groups in total. The molecule has 2 aromatic carbocycles. The largest absolute Gasteiger partial charge is 0.478 e. The van der Waals surface area contributed by atoms with Crippen LogP contribution in [0.5, 0.6) is 0 Å². The van der Waals surface area contributed by atoms with Crippen molar-refractivity contribution in [3.05, 3.63) is 58.9 Å². The Morgan fingerprint density at radius 3 is 2.09 bits per heavy atom. The van der Waals surface area contributed by atoms with Gasteiger partial charge in [0.15, 0.2) is 0 Å². The van der Waals surface area contributed by atoms with Crippen molar-refractivity contribution in [1.82, 2.24) is 0 Å². The number of rotatable bonds is 3. The van der Waals surface area contributed by atoms with Crippen LogP contribution in [-0.4, -0.2) is 29.2 Å². The Hall–Kier alpha value is -3.61. The van der Waals surface area contributed by atoms with Gasteiger partial charge in [0.2, 0.25) is 0 Å². The smallest absolute Gasteiger partial charge is 0.417 e. The highest BCUT2D eigenvalue weighted by Crippen LogP contribution is 2.42. The van der Waals surface area contributed by atoms with E-state index in [0.29, 0.717) is 12.8 Å². The molecule has 166 valence electrons. The minimum absolute atomic E-state index is 0.00310. The zero-order valence-electron chi connectivity index (χ0n) is 16.6. The summed E-state index contributed by atoms with van der Waals surface area (Å²) in [5, 5.41) is 18.1. The Balaban J connectivity index is 1.79. The van der Waals surface area contributed by atoms with Crippen LogP contribution in [0.3, 0.4) is 0 Å². The predicted octanol–water partition coefficient (Wildman–Crippen LogP) is 5.17. The average molecular weight is 447 g/mol. The summed E-state index contributed by atoms with van der Waals surface area (Å²) in [6, 6.07) is 6.51. The van der Waals surface area contributed by atoms with Crippen molar-refractivity contribution in [2.75, 3.05) is 9.80 Å². The molecule has 2 atom stereocenters. The molecule has 0 bridgehead atoms. The van der Waals surface area contributed by atoms with Gasteiger partial charge in [0.05, 0.1) is 34.8 Å². The zero-order valence-corrected chi connectivity index (χ0v) is 16.6. The van der Waals surface area contributed by atoms with Gasteiger partial charge in [-0.05, 0) is 49.2 Å². The number of anilines is 2. The fraction of sp³-hybridized carbons (Fsp3) is 0.318. The molecule has 6 nitrogen and oxygen atoms in total. The molecule has 1 aliphatic carbocycles. The number of fused-ring (bicyclic) bond motifs is 1. The van der Waals surface area contributed by atoms with Crippen LogP contribution < -0.4 is 9.80 Å². The van der Waals surface area contributed by atoms with E-state index in [9.17, 15) is 27.2 Å². The Morgan fingerprint density at radius 2 is 1.59 bits per heavy atom. The maximum Gasteiger partial charge on any atom is 0.417 e. The van der Waals surface area contributed by atoms with E-state index in [-0.39, 0.29) is 11.4 Å². The molecule has 1 saturated carbocycles. The molecule has 2 aromatic rings. The summed E-state index contributed by atoms with van der Waals surface area (Å²) in [5.41, 5.74) is -2.08. The van der Waals surface area contributed by atoms with E-state index in [2.05, 4.69) is 0 Å². The second kappa shape index (κ2) is 7.82. The molecule has 0 radical (unpaired) electrons. The number of hydrogen-bond acceptors (Lipinski definition) is 3. The molecule has 4 rings (SSSR count). The number of nitriles is 1. The molecule has 10 heteroatoms. The zero-order chi connectivity index (χ0) is 23.2. The molecule has 2 fully saturated rings. The average Bonchev–Trinajstić information content (AvgIpc) is 3.04. The van der Waals surface area contributed by atoms with Crippen molar-refractivity contribution >= 4 is 23.4 Å². The number of urea groups is 1. The second-order valence-corrected chi connectivity index (χ2v) is 7.75. The van der Waals surface area contributed by atoms with Crippen molar-refractivity contribution in [1.29, 1.82) is 5.26 Å². The lowest BCUT2D eigenvalue weighted by atomic mass is 9.89. The molecule has 2 amide bonds. The Kier molecular flexibility index (Phi) is 5.28. The first-order valence-corrected chi connectivity index (χ1v) is 9.90. The lowest BCUT2D eigenvalue weighted by Gasteiger charge is -2.32. The summed E-state index contributed by atoms with van der Waals surface area (Å²) in [6.45, 7) is 0. The number of carboxylic acids is 1. The van der Waals surface area contributed by atoms with Crippen molar-refractivity contribution < 1.29 is 32.3 Å². The normalized spacial score (nSPS) is 20.8. The van der Waals surface area contributed by atoms with Gasteiger partial charge in [0.1, 0.15) is 5.82 Å². The van der Waals surface area contributed by atoms with Crippen LogP contribution in [-0.2, 0) is 6.18 Å². The summed E-state index contributed by atoms with van der Waals surface area (Å²) in [5.74, 6) is -2.46. The molecule has 1 aliphatic heterocycles. The van der Waals surface area contributed by atoms with Crippen molar-refractivity contribution in [2.24, 2.45) is 0 Å². The second-order valence-electron chi connectivity index (χ2n) is 7.75. The van der Waals surface area contributed by atoms with Gasteiger partial charge in [-0.1, -0.05) is 12.8 Å². The van der Waals surface area contributed by atoms with E-state index in [1.165, 1.54) is 28.0 Å². The van der Waals surface area contributed by atoms with E-state index >= 15 is 0 Å². The first kappa shape index (κ1) is 21.6. The van der Waals surface area contributed by atoms with Crippen LogP contribution >= 0.6 is 0 Å². The van der Waals surface area contributed by atoms with E-state index in [1.54, 1.807) is 0 Å². The Labute approximate surface area is 180 Å². The monoisotopic (exact) mass is 447 g/mol. The first-order chi connectivity index (χ1) is 15.1. The van der Waals surface area contributed by atoms with Crippen LogP contribution in [0, 0.1) is 17.1 Å². The fourth-order valence-electron chi connectivity index (χ4n) is 4.54. The number of aromatic carboxylic acids is 1. The van der Waals surface area contributed by atoms with E-state index in [0.717, 1.165) is 37.1 Å².